The van der Waals surface area contributed by atoms with Crippen molar-refractivity contribution in [3.63, 3.8) is 0 Å². The van der Waals surface area contributed by atoms with Crippen LogP contribution in [-0.2, 0) is 27.6 Å². The number of rotatable bonds is 9. The molecule has 1 aliphatic heterocycles. The second-order valence-corrected chi connectivity index (χ2v) is 10.2. The van der Waals surface area contributed by atoms with E-state index < -0.39 is 10.0 Å². The van der Waals surface area contributed by atoms with Crippen molar-refractivity contribution in [2.24, 2.45) is 0 Å². The van der Waals surface area contributed by atoms with E-state index in [4.69, 9.17) is 4.74 Å². The molecule has 1 heterocycles. The molecule has 2 aromatic carbocycles. The first kappa shape index (κ1) is 24.4. The fourth-order valence-electron chi connectivity index (χ4n) is 3.92. The van der Waals surface area contributed by atoms with Crippen molar-refractivity contribution in [3.8, 4) is 0 Å². The van der Waals surface area contributed by atoms with E-state index in [1.54, 1.807) is 12.1 Å². The monoisotopic (exact) mass is 459 g/mol. The normalized spacial score (nSPS) is 16.1. The van der Waals surface area contributed by atoms with E-state index in [1.807, 2.05) is 56.3 Å². The van der Waals surface area contributed by atoms with Gasteiger partial charge in [-0.15, -0.1) is 0 Å². The lowest BCUT2D eigenvalue weighted by molar-refractivity contribution is 0.0730. The summed E-state index contributed by atoms with van der Waals surface area (Å²) in [4.78, 5) is 15.4. The average molecular weight is 460 g/mol. The maximum Gasteiger partial charge on any atom is 0.251 e. The van der Waals surface area contributed by atoms with Crippen LogP contribution in [0.2, 0.25) is 0 Å². The topological polar surface area (TPSA) is 79.0 Å². The Morgan fingerprint density at radius 1 is 1.12 bits per heavy atom. The molecular weight excluding hydrogens is 426 g/mol. The lowest BCUT2D eigenvalue weighted by Gasteiger charge is -2.27. The molecule has 1 aliphatic rings. The molecule has 1 saturated heterocycles. The summed E-state index contributed by atoms with van der Waals surface area (Å²) in [7, 11) is 0.239. The zero-order valence-electron chi connectivity index (χ0n) is 19.1. The number of nitrogens with one attached hydrogen (secondary N) is 1. The standard InChI is InChI=1S/C24H33N3O4S/c1-4-20-10-11-21(17-23(20)32(29,30)27-12-14-31-15-13-27)24(28)25-22(18-26(2)3)16-19-8-6-5-7-9-19/h5-11,17,22H,4,12-16,18H2,1-3H3,(H,25,28). The molecule has 0 aromatic heterocycles. The highest BCUT2D eigenvalue weighted by Crippen LogP contribution is 2.23. The maximum absolute atomic E-state index is 13.3. The minimum Gasteiger partial charge on any atom is -0.379 e. The van der Waals surface area contributed by atoms with Crippen molar-refractivity contribution in [2.45, 2.75) is 30.7 Å². The largest absolute Gasteiger partial charge is 0.379 e. The van der Waals surface area contributed by atoms with Crippen LogP contribution in [-0.4, -0.2) is 76.5 Å². The first-order chi connectivity index (χ1) is 15.3. The Morgan fingerprint density at radius 3 is 2.44 bits per heavy atom. The van der Waals surface area contributed by atoms with Gasteiger partial charge in [0, 0.05) is 31.2 Å². The van der Waals surface area contributed by atoms with Gasteiger partial charge in [-0.1, -0.05) is 43.3 Å². The summed E-state index contributed by atoms with van der Waals surface area (Å²) < 4.78 is 33.3. The second-order valence-electron chi connectivity index (χ2n) is 8.31. The Balaban J connectivity index is 1.84. The molecule has 3 rings (SSSR count). The van der Waals surface area contributed by atoms with Gasteiger partial charge in [0.25, 0.3) is 5.91 Å². The van der Waals surface area contributed by atoms with Crippen molar-refractivity contribution in [1.29, 1.82) is 0 Å². The number of ether oxygens (including phenoxy) is 1. The molecule has 0 radical (unpaired) electrons. The summed E-state index contributed by atoms with van der Waals surface area (Å²) in [5.74, 6) is -0.270. The summed E-state index contributed by atoms with van der Waals surface area (Å²) in [6.07, 6.45) is 1.26. The van der Waals surface area contributed by atoms with E-state index in [-0.39, 0.29) is 16.8 Å². The Bertz CT molecular complexity index is 1000. The summed E-state index contributed by atoms with van der Waals surface area (Å²) in [5.41, 5.74) is 2.20. The maximum atomic E-state index is 13.3. The van der Waals surface area contributed by atoms with E-state index >= 15 is 0 Å². The van der Waals surface area contributed by atoms with Crippen LogP contribution < -0.4 is 5.32 Å². The van der Waals surface area contributed by atoms with E-state index in [0.29, 0.717) is 56.8 Å². The third kappa shape index (κ3) is 6.16. The number of nitrogens with zero attached hydrogens (tertiary/aromatic N) is 2. The van der Waals surface area contributed by atoms with Crippen LogP contribution >= 0.6 is 0 Å². The quantitative estimate of drug-likeness (QED) is 0.622. The number of carbonyl (C=O) groups excluding carboxylic acids is 1. The number of hydrogen-bond donors (Lipinski definition) is 1. The molecule has 174 valence electrons. The minimum absolute atomic E-state index is 0.106. The van der Waals surface area contributed by atoms with Crippen LogP contribution in [0.25, 0.3) is 0 Å². The summed E-state index contributed by atoms with van der Waals surface area (Å²) in [6, 6.07) is 14.9. The van der Waals surface area contributed by atoms with E-state index in [9.17, 15) is 13.2 Å². The first-order valence-electron chi connectivity index (χ1n) is 11.0. The molecule has 8 heteroatoms. The molecule has 0 saturated carbocycles. The smallest absolute Gasteiger partial charge is 0.251 e. The molecule has 1 fully saturated rings. The molecule has 1 unspecified atom stereocenters. The molecule has 1 N–H and O–H groups in total. The number of amides is 1. The van der Waals surface area contributed by atoms with Gasteiger partial charge in [-0.2, -0.15) is 4.31 Å². The first-order valence-corrected chi connectivity index (χ1v) is 12.5. The predicted molar refractivity (Wildman–Crippen MR) is 125 cm³/mol. The summed E-state index contributed by atoms with van der Waals surface area (Å²) in [5, 5.41) is 3.10. The fraction of sp³-hybridized carbons (Fsp3) is 0.458. The Hall–Kier alpha value is -2.26. The Morgan fingerprint density at radius 2 is 1.81 bits per heavy atom. The minimum atomic E-state index is -3.69. The number of benzene rings is 2. The lowest BCUT2D eigenvalue weighted by atomic mass is 10.0. The number of carbonyl (C=O) groups is 1. The van der Waals surface area contributed by atoms with Crippen molar-refractivity contribution < 1.29 is 17.9 Å². The van der Waals surface area contributed by atoms with Crippen LogP contribution in [0, 0.1) is 0 Å². The number of aryl methyl sites for hydroxylation is 1. The van der Waals surface area contributed by atoms with E-state index in [1.165, 1.54) is 10.4 Å². The van der Waals surface area contributed by atoms with Gasteiger partial charge in [-0.25, -0.2) is 8.42 Å². The summed E-state index contributed by atoms with van der Waals surface area (Å²) in [6.45, 7) is 4.00. The molecule has 0 bridgehead atoms. The molecular formula is C24H33N3O4S. The van der Waals surface area contributed by atoms with Crippen LogP contribution in [0.5, 0.6) is 0 Å². The van der Waals surface area contributed by atoms with Gasteiger partial charge >= 0.3 is 0 Å². The van der Waals surface area contributed by atoms with Gasteiger partial charge in [0.2, 0.25) is 10.0 Å². The molecule has 1 amide bonds. The Kier molecular flexibility index (Phi) is 8.42. The molecule has 1 atom stereocenters. The van der Waals surface area contributed by atoms with Crippen molar-refractivity contribution in [1.82, 2.24) is 14.5 Å². The SMILES string of the molecule is CCc1ccc(C(=O)NC(Cc2ccccc2)CN(C)C)cc1S(=O)(=O)N1CCOCC1. The highest BCUT2D eigenvalue weighted by Gasteiger charge is 2.29. The fourth-order valence-corrected chi connectivity index (χ4v) is 5.65. The van der Waals surface area contributed by atoms with Gasteiger partial charge in [0.15, 0.2) is 0 Å². The second kappa shape index (κ2) is 11.0. The zero-order valence-corrected chi connectivity index (χ0v) is 19.9. The molecule has 0 aliphatic carbocycles. The van der Waals surface area contributed by atoms with E-state index in [0.717, 1.165) is 5.56 Å². The molecule has 0 spiro atoms. The molecule has 32 heavy (non-hydrogen) atoms. The van der Waals surface area contributed by atoms with E-state index in [2.05, 4.69) is 5.32 Å². The van der Waals surface area contributed by atoms with Gasteiger partial charge in [0.1, 0.15) is 0 Å². The Labute approximate surface area is 191 Å². The van der Waals surface area contributed by atoms with Crippen molar-refractivity contribution in [2.75, 3.05) is 46.9 Å². The van der Waals surface area contributed by atoms with Gasteiger partial charge in [0.05, 0.1) is 18.1 Å². The van der Waals surface area contributed by atoms with Crippen molar-refractivity contribution in [3.05, 3.63) is 65.2 Å². The van der Waals surface area contributed by atoms with Gasteiger partial charge < -0.3 is 15.0 Å². The summed E-state index contributed by atoms with van der Waals surface area (Å²) >= 11 is 0. The van der Waals surface area contributed by atoms with Gasteiger partial charge in [-0.05, 0) is 50.2 Å². The number of sulfonamides is 1. The van der Waals surface area contributed by atoms with Crippen LogP contribution in [0.1, 0.15) is 28.4 Å². The predicted octanol–water partition coefficient (Wildman–Crippen LogP) is 2.17. The number of morpholine rings is 1. The third-order valence-corrected chi connectivity index (χ3v) is 7.52. The molecule has 7 nitrogen and oxygen atoms in total. The molecule has 2 aromatic rings. The lowest BCUT2D eigenvalue weighted by Crippen LogP contribution is -2.43. The van der Waals surface area contributed by atoms with Crippen LogP contribution in [0.4, 0.5) is 0 Å². The number of likely N-dealkylation sites (N-methyl/N-ethyl adjacent to an activating group) is 1. The highest BCUT2D eigenvalue weighted by molar-refractivity contribution is 7.89. The van der Waals surface area contributed by atoms with Gasteiger partial charge in [-0.3, -0.25) is 4.79 Å². The van der Waals surface area contributed by atoms with Crippen LogP contribution in [0.3, 0.4) is 0 Å². The number of hydrogen-bond acceptors (Lipinski definition) is 5. The zero-order chi connectivity index (χ0) is 23.1. The average Bonchev–Trinajstić information content (AvgIpc) is 2.79. The van der Waals surface area contributed by atoms with Crippen molar-refractivity contribution >= 4 is 15.9 Å². The highest BCUT2D eigenvalue weighted by atomic mass is 32.2. The van der Waals surface area contributed by atoms with Crippen LogP contribution in [0.15, 0.2) is 53.4 Å². The third-order valence-electron chi connectivity index (χ3n) is 5.54.